The summed E-state index contributed by atoms with van der Waals surface area (Å²) in [4.78, 5) is 27.0. The molecule has 7 heteroatoms. The van der Waals surface area contributed by atoms with Gasteiger partial charge in [-0.1, -0.05) is 35.0 Å². The number of nitrogens with zero attached hydrogens (tertiary/aromatic N) is 2. The van der Waals surface area contributed by atoms with Gasteiger partial charge in [0.25, 0.3) is 5.91 Å². The van der Waals surface area contributed by atoms with Crippen molar-refractivity contribution < 1.29 is 18.8 Å². The summed E-state index contributed by atoms with van der Waals surface area (Å²) < 4.78 is 10.3. The summed E-state index contributed by atoms with van der Waals surface area (Å²) in [6, 6.07) is 7.82. The SMILES string of the molecule is COCC(=O)N1C[C@H](NC(=O)c2c(-c3ccc(C)cc3)noc2C)CC[C@H]1C. The molecule has 1 aromatic heterocycles. The Kier molecular flexibility index (Phi) is 6.14. The standard InChI is InChI=1S/C21H27N3O4/c1-13-5-8-16(9-6-13)20-19(15(3)28-23-20)21(26)22-17-10-7-14(2)24(11-17)18(25)12-27-4/h5-6,8-9,14,17H,7,10-12H2,1-4H3,(H,22,26)/t14-,17-/m1/s1. The number of rotatable bonds is 5. The Hall–Kier alpha value is -2.67. The van der Waals surface area contributed by atoms with Crippen LogP contribution in [0.3, 0.4) is 0 Å². The van der Waals surface area contributed by atoms with Crippen molar-refractivity contribution in [2.75, 3.05) is 20.3 Å². The molecular formula is C21H27N3O4. The molecular weight excluding hydrogens is 358 g/mol. The van der Waals surface area contributed by atoms with E-state index in [2.05, 4.69) is 10.5 Å². The highest BCUT2D eigenvalue weighted by Crippen LogP contribution is 2.26. The summed E-state index contributed by atoms with van der Waals surface area (Å²) in [6.45, 7) is 6.28. The van der Waals surface area contributed by atoms with Gasteiger partial charge in [-0.25, -0.2) is 0 Å². The molecule has 28 heavy (non-hydrogen) atoms. The lowest BCUT2D eigenvalue weighted by molar-refractivity contribution is -0.138. The van der Waals surface area contributed by atoms with Crippen molar-refractivity contribution in [3.8, 4) is 11.3 Å². The number of piperidine rings is 1. The van der Waals surface area contributed by atoms with E-state index in [-0.39, 0.29) is 30.5 Å². The maximum absolute atomic E-state index is 13.0. The van der Waals surface area contributed by atoms with Gasteiger partial charge in [0.1, 0.15) is 23.6 Å². The molecule has 1 aliphatic heterocycles. The molecule has 1 aromatic carbocycles. The summed E-state index contributed by atoms with van der Waals surface area (Å²) in [5.74, 6) is 0.188. The first-order valence-corrected chi connectivity index (χ1v) is 9.53. The zero-order valence-electron chi connectivity index (χ0n) is 16.8. The van der Waals surface area contributed by atoms with E-state index in [0.29, 0.717) is 23.6 Å². The lowest BCUT2D eigenvalue weighted by atomic mass is 9.98. The Morgan fingerprint density at radius 2 is 1.96 bits per heavy atom. The van der Waals surface area contributed by atoms with Crippen molar-refractivity contribution in [3.05, 3.63) is 41.2 Å². The van der Waals surface area contributed by atoms with Gasteiger partial charge in [-0.3, -0.25) is 9.59 Å². The number of aryl methyl sites for hydroxylation is 2. The van der Waals surface area contributed by atoms with Crippen LogP contribution in [0.2, 0.25) is 0 Å². The predicted octanol–water partition coefficient (Wildman–Crippen LogP) is 2.71. The molecule has 0 radical (unpaired) electrons. The maximum Gasteiger partial charge on any atom is 0.257 e. The van der Waals surface area contributed by atoms with Crippen LogP contribution in [0, 0.1) is 13.8 Å². The third-order valence-corrected chi connectivity index (χ3v) is 5.22. The second kappa shape index (κ2) is 8.56. The van der Waals surface area contributed by atoms with Crippen LogP contribution in [0.1, 0.15) is 41.4 Å². The molecule has 0 bridgehead atoms. The summed E-state index contributed by atoms with van der Waals surface area (Å²) >= 11 is 0. The fraction of sp³-hybridized carbons (Fsp3) is 0.476. The quantitative estimate of drug-likeness (QED) is 0.855. The Morgan fingerprint density at radius 1 is 1.25 bits per heavy atom. The lowest BCUT2D eigenvalue weighted by Gasteiger charge is -2.38. The first kappa shape index (κ1) is 20.1. The third-order valence-electron chi connectivity index (χ3n) is 5.22. The predicted molar refractivity (Wildman–Crippen MR) is 105 cm³/mol. The topological polar surface area (TPSA) is 84.7 Å². The molecule has 7 nitrogen and oxygen atoms in total. The molecule has 0 saturated carbocycles. The highest BCUT2D eigenvalue weighted by molar-refractivity contribution is 6.01. The zero-order valence-corrected chi connectivity index (χ0v) is 16.8. The van der Waals surface area contributed by atoms with E-state index >= 15 is 0 Å². The fourth-order valence-corrected chi connectivity index (χ4v) is 3.58. The van der Waals surface area contributed by atoms with Crippen LogP contribution in [0.25, 0.3) is 11.3 Å². The molecule has 2 amide bonds. The highest BCUT2D eigenvalue weighted by Gasteiger charge is 2.31. The van der Waals surface area contributed by atoms with Gasteiger partial charge in [0, 0.05) is 31.3 Å². The van der Waals surface area contributed by atoms with Gasteiger partial charge in [-0.05, 0) is 33.6 Å². The molecule has 0 aliphatic carbocycles. The lowest BCUT2D eigenvalue weighted by Crippen LogP contribution is -2.53. The van der Waals surface area contributed by atoms with Gasteiger partial charge in [0.2, 0.25) is 5.91 Å². The van der Waals surface area contributed by atoms with Crippen molar-refractivity contribution in [2.45, 2.75) is 45.7 Å². The first-order valence-electron chi connectivity index (χ1n) is 9.53. The number of hydrogen-bond acceptors (Lipinski definition) is 5. The van der Waals surface area contributed by atoms with Crippen molar-refractivity contribution >= 4 is 11.8 Å². The Bertz CT molecular complexity index is 844. The normalized spacial score (nSPS) is 19.5. The van der Waals surface area contributed by atoms with Crippen molar-refractivity contribution in [1.29, 1.82) is 0 Å². The van der Waals surface area contributed by atoms with Crippen LogP contribution in [0.5, 0.6) is 0 Å². The Balaban J connectivity index is 1.76. The van der Waals surface area contributed by atoms with E-state index in [9.17, 15) is 9.59 Å². The van der Waals surface area contributed by atoms with Crippen LogP contribution in [0.15, 0.2) is 28.8 Å². The summed E-state index contributed by atoms with van der Waals surface area (Å²) in [6.07, 6.45) is 1.64. The summed E-state index contributed by atoms with van der Waals surface area (Å²) in [5.41, 5.74) is 2.94. The van der Waals surface area contributed by atoms with E-state index in [0.717, 1.165) is 24.0 Å². The molecule has 2 aromatic rings. The Morgan fingerprint density at radius 3 is 2.64 bits per heavy atom. The number of nitrogens with one attached hydrogen (secondary N) is 1. The molecule has 0 spiro atoms. The zero-order chi connectivity index (χ0) is 20.3. The fourth-order valence-electron chi connectivity index (χ4n) is 3.58. The number of carbonyl (C=O) groups excluding carboxylic acids is 2. The molecule has 1 aliphatic rings. The molecule has 2 heterocycles. The molecule has 1 saturated heterocycles. The minimum absolute atomic E-state index is 0.0489. The second-order valence-electron chi connectivity index (χ2n) is 7.40. The minimum atomic E-state index is -0.229. The average molecular weight is 385 g/mol. The number of ether oxygens (including phenoxy) is 1. The number of carbonyl (C=O) groups is 2. The van der Waals surface area contributed by atoms with E-state index < -0.39 is 0 Å². The number of hydrogen-bond donors (Lipinski definition) is 1. The van der Waals surface area contributed by atoms with E-state index in [1.54, 1.807) is 11.8 Å². The molecule has 3 rings (SSSR count). The number of likely N-dealkylation sites (tertiary alicyclic amines) is 1. The van der Waals surface area contributed by atoms with Gasteiger partial charge in [0.15, 0.2) is 0 Å². The smallest absolute Gasteiger partial charge is 0.257 e. The van der Waals surface area contributed by atoms with Crippen molar-refractivity contribution in [2.24, 2.45) is 0 Å². The van der Waals surface area contributed by atoms with Crippen LogP contribution < -0.4 is 5.32 Å². The largest absolute Gasteiger partial charge is 0.375 e. The molecule has 2 atom stereocenters. The first-order chi connectivity index (χ1) is 13.4. The molecule has 0 unspecified atom stereocenters. The average Bonchev–Trinajstić information content (AvgIpc) is 3.05. The summed E-state index contributed by atoms with van der Waals surface area (Å²) in [7, 11) is 1.51. The number of amides is 2. The van der Waals surface area contributed by atoms with Crippen LogP contribution >= 0.6 is 0 Å². The van der Waals surface area contributed by atoms with Crippen LogP contribution in [-0.2, 0) is 9.53 Å². The number of methoxy groups -OCH3 is 1. The van der Waals surface area contributed by atoms with E-state index in [1.165, 1.54) is 7.11 Å². The molecule has 150 valence electrons. The monoisotopic (exact) mass is 385 g/mol. The van der Waals surface area contributed by atoms with Gasteiger partial charge in [0.05, 0.1) is 0 Å². The minimum Gasteiger partial charge on any atom is -0.375 e. The van der Waals surface area contributed by atoms with E-state index in [1.807, 2.05) is 38.1 Å². The molecule has 1 fully saturated rings. The number of benzene rings is 1. The van der Waals surface area contributed by atoms with Crippen molar-refractivity contribution in [1.82, 2.24) is 15.4 Å². The van der Waals surface area contributed by atoms with E-state index in [4.69, 9.17) is 9.26 Å². The highest BCUT2D eigenvalue weighted by atomic mass is 16.5. The third kappa shape index (κ3) is 4.25. The van der Waals surface area contributed by atoms with Crippen molar-refractivity contribution in [3.63, 3.8) is 0 Å². The maximum atomic E-state index is 13.0. The second-order valence-corrected chi connectivity index (χ2v) is 7.40. The van der Waals surface area contributed by atoms with Gasteiger partial charge < -0.3 is 19.5 Å². The molecule has 1 N–H and O–H groups in total. The number of aromatic nitrogens is 1. The van der Waals surface area contributed by atoms with Gasteiger partial charge >= 0.3 is 0 Å². The summed E-state index contributed by atoms with van der Waals surface area (Å²) in [5, 5.41) is 7.15. The van der Waals surface area contributed by atoms with Crippen LogP contribution in [0.4, 0.5) is 0 Å². The van der Waals surface area contributed by atoms with Gasteiger partial charge in [-0.2, -0.15) is 0 Å². The van der Waals surface area contributed by atoms with Crippen LogP contribution in [-0.4, -0.2) is 54.2 Å². The van der Waals surface area contributed by atoms with Gasteiger partial charge in [-0.15, -0.1) is 0 Å². The Labute approximate surface area is 165 Å².